The van der Waals surface area contributed by atoms with Crippen LogP contribution in [-0.2, 0) is 4.74 Å². The Bertz CT molecular complexity index is 626. The van der Waals surface area contributed by atoms with Crippen molar-refractivity contribution in [2.24, 2.45) is 0 Å². The first-order chi connectivity index (χ1) is 9.49. The van der Waals surface area contributed by atoms with Gasteiger partial charge in [-0.15, -0.1) is 0 Å². The van der Waals surface area contributed by atoms with E-state index in [9.17, 15) is 19.8 Å². The number of aromatic amines is 1. The Balaban J connectivity index is 2.46. The Morgan fingerprint density at radius 3 is 2.75 bits per heavy atom. The molecule has 0 spiro atoms. The van der Waals surface area contributed by atoms with E-state index in [0.717, 1.165) is 4.57 Å². The molecule has 9 heteroatoms. The number of aromatic nitrogens is 2. The van der Waals surface area contributed by atoms with Crippen LogP contribution in [0.3, 0.4) is 0 Å². The molecule has 20 heavy (non-hydrogen) atoms. The second kappa shape index (κ2) is 6.68. The Morgan fingerprint density at radius 1 is 1.50 bits per heavy atom. The number of hydrogen-bond donors (Lipinski definition) is 3. The van der Waals surface area contributed by atoms with E-state index in [0.29, 0.717) is 0 Å². The van der Waals surface area contributed by atoms with Crippen LogP contribution in [0.25, 0.3) is 6.08 Å². The Kier molecular flexibility index (Phi) is 5.39. The van der Waals surface area contributed by atoms with Gasteiger partial charge in [-0.25, -0.2) is 4.79 Å². The van der Waals surface area contributed by atoms with E-state index in [-0.39, 0.29) is 16.1 Å². The van der Waals surface area contributed by atoms with E-state index in [1.807, 2.05) is 45.2 Å². The molecule has 110 valence electrons. The van der Waals surface area contributed by atoms with Gasteiger partial charge in [0.2, 0.25) is 0 Å². The van der Waals surface area contributed by atoms with Crippen LogP contribution in [0.5, 0.6) is 0 Å². The summed E-state index contributed by atoms with van der Waals surface area (Å²) >= 11 is 3.93. The molecular formula is C11H12I2N2O5. The molecule has 2 heterocycles. The molecule has 0 bridgehead atoms. The smallest absolute Gasteiger partial charge is 0.330 e. The largest absolute Gasteiger partial charge is 0.394 e. The second-order valence-corrected chi connectivity index (χ2v) is 6.38. The zero-order chi connectivity index (χ0) is 14.9. The average molecular weight is 506 g/mol. The summed E-state index contributed by atoms with van der Waals surface area (Å²) < 4.78 is 7.92. The number of alkyl halides is 1. The highest BCUT2D eigenvalue weighted by Crippen LogP contribution is 2.33. The molecular weight excluding hydrogens is 494 g/mol. The topological polar surface area (TPSA) is 105 Å². The van der Waals surface area contributed by atoms with Gasteiger partial charge in [-0.2, -0.15) is 0 Å². The van der Waals surface area contributed by atoms with Crippen molar-refractivity contribution in [1.82, 2.24) is 9.55 Å². The quantitative estimate of drug-likeness (QED) is 0.396. The van der Waals surface area contributed by atoms with Gasteiger partial charge >= 0.3 is 5.69 Å². The molecule has 2 unspecified atom stereocenters. The van der Waals surface area contributed by atoms with Crippen molar-refractivity contribution in [3.63, 3.8) is 0 Å². The molecule has 1 aliphatic heterocycles. The fourth-order valence-corrected chi connectivity index (χ4v) is 3.10. The Hall–Kier alpha value is -0.240. The van der Waals surface area contributed by atoms with E-state index < -0.39 is 29.7 Å². The first-order valence-corrected chi connectivity index (χ1v) is 8.19. The lowest BCUT2D eigenvalue weighted by atomic mass is 10.2. The van der Waals surface area contributed by atoms with Gasteiger partial charge in [-0.1, -0.05) is 45.2 Å². The van der Waals surface area contributed by atoms with E-state index >= 15 is 0 Å². The van der Waals surface area contributed by atoms with Crippen LogP contribution in [0.1, 0.15) is 11.8 Å². The zero-order valence-electron chi connectivity index (χ0n) is 10.1. The average Bonchev–Trinajstić information content (AvgIpc) is 2.70. The van der Waals surface area contributed by atoms with E-state index in [1.54, 1.807) is 10.2 Å². The maximum absolute atomic E-state index is 11.9. The zero-order valence-corrected chi connectivity index (χ0v) is 14.4. The molecule has 7 nitrogen and oxygen atoms in total. The van der Waals surface area contributed by atoms with Gasteiger partial charge in [0.15, 0.2) is 6.23 Å². The molecule has 0 amide bonds. The molecule has 1 aliphatic rings. The van der Waals surface area contributed by atoms with Crippen molar-refractivity contribution in [2.75, 3.05) is 6.61 Å². The van der Waals surface area contributed by atoms with Crippen molar-refractivity contribution < 1.29 is 14.9 Å². The van der Waals surface area contributed by atoms with Crippen molar-refractivity contribution >= 4 is 51.3 Å². The molecule has 1 fully saturated rings. The van der Waals surface area contributed by atoms with Crippen LogP contribution in [0.4, 0.5) is 0 Å². The second-order valence-electron chi connectivity index (χ2n) is 4.23. The molecule has 1 aromatic heterocycles. The minimum atomic E-state index is -0.951. The fraction of sp³-hybridized carbons (Fsp3) is 0.455. The summed E-state index contributed by atoms with van der Waals surface area (Å²) in [6, 6.07) is 0. The number of H-pyrrole nitrogens is 1. The van der Waals surface area contributed by atoms with Crippen LogP contribution in [-0.4, -0.2) is 42.5 Å². The van der Waals surface area contributed by atoms with Gasteiger partial charge in [0.1, 0.15) is 6.10 Å². The molecule has 2 rings (SSSR count). The molecule has 1 aromatic rings. The Morgan fingerprint density at radius 2 is 2.20 bits per heavy atom. The number of hydrogen-bond acceptors (Lipinski definition) is 5. The van der Waals surface area contributed by atoms with Gasteiger partial charge in [0.05, 0.1) is 22.2 Å². The summed E-state index contributed by atoms with van der Waals surface area (Å²) in [5, 5.41) is 19.3. The lowest BCUT2D eigenvalue weighted by molar-refractivity contribution is -0.0530. The van der Waals surface area contributed by atoms with Gasteiger partial charge in [-0.05, 0) is 10.2 Å². The first-order valence-electron chi connectivity index (χ1n) is 5.70. The molecule has 0 saturated carbocycles. The number of aliphatic hydroxyl groups excluding tert-OH is 2. The van der Waals surface area contributed by atoms with Crippen molar-refractivity contribution in [1.29, 1.82) is 0 Å². The van der Waals surface area contributed by atoms with Gasteiger partial charge in [0, 0.05) is 6.20 Å². The minimum absolute atomic E-state index is 0.250. The maximum atomic E-state index is 11.9. The van der Waals surface area contributed by atoms with Gasteiger partial charge < -0.3 is 14.9 Å². The number of nitrogens with zero attached hydrogens (tertiary/aromatic N) is 1. The van der Waals surface area contributed by atoms with Crippen LogP contribution < -0.4 is 11.2 Å². The van der Waals surface area contributed by atoms with Crippen LogP contribution in [0.2, 0.25) is 0 Å². The third kappa shape index (κ3) is 3.00. The molecule has 0 radical (unpaired) electrons. The lowest BCUT2D eigenvalue weighted by Gasteiger charge is -2.17. The number of nitrogens with one attached hydrogen (secondary N) is 1. The van der Waals surface area contributed by atoms with E-state index in [2.05, 4.69) is 4.98 Å². The van der Waals surface area contributed by atoms with Gasteiger partial charge in [-0.3, -0.25) is 14.3 Å². The van der Waals surface area contributed by atoms with Crippen LogP contribution >= 0.6 is 45.2 Å². The van der Waals surface area contributed by atoms with Gasteiger partial charge in [0.25, 0.3) is 5.56 Å². The summed E-state index contributed by atoms with van der Waals surface area (Å²) in [5.74, 6) is 0. The minimum Gasteiger partial charge on any atom is -0.394 e. The summed E-state index contributed by atoms with van der Waals surface area (Å²) in [6.45, 7) is -0.250. The van der Waals surface area contributed by atoms with E-state index in [1.165, 1.54) is 6.20 Å². The molecule has 1 saturated heterocycles. The number of ether oxygens (including phenoxy) is 1. The highest BCUT2D eigenvalue weighted by atomic mass is 127. The predicted octanol–water partition coefficient (Wildman–Crippen LogP) is -0.00350. The standard InChI is InChI=1S/C11H12I2N2O5/c12-2-1-5-3-15(11(19)14-9(5)18)10-8(17)7(13)6(4-16)20-10/h1-3,6-8,10,16-17H,4H2,(H,14,18,19)/t6-,7?,8?,10-/m0/s1. The summed E-state index contributed by atoms with van der Waals surface area (Å²) in [7, 11) is 0. The first kappa shape index (κ1) is 16.1. The molecule has 4 atom stereocenters. The van der Waals surface area contributed by atoms with Crippen molar-refractivity contribution in [3.8, 4) is 0 Å². The normalized spacial score (nSPS) is 30.2. The lowest BCUT2D eigenvalue weighted by Crippen LogP contribution is -2.37. The third-order valence-electron chi connectivity index (χ3n) is 2.98. The third-order valence-corrected chi connectivity index (χ3v) is 4.88. The van der Waals surface area contributed by atoms with Crippen LogP contribution in [0, 0.1) is 0 Å². The highest BCUT2D eigenvalue weighted by molar-refractivity contribution is 14.1. The summed E-state index contributed by atoms with van der Waals surface area (Å²) in [5.41, 5.74) is -0.879. The molecule has 3 N–H and O–H groups in total. The summed E-state index contributed by atoms with van der Waals surface area (Å²) in [4.78, 5) is 25.6. The van der Waals surface area contributed by atoms with Crippen LogP contribution in [0.15, 0.2) is 19.9 Å². The SMILES string of the molecule is O=c1[nH]c(=O)n([C@H]2O[C@@H](CO)C(I)C2O)cc1C=CI. The van der Waals surface area contributed by atoms with Crippen molar-refractivity contribution in [3.05, 3.63) is 36.7 Å². The fourth-order valence-electron chi connectivity index (χ4n) is 1.96. The number of halogens is 2. The van der Waals surface area contributed by atoms with E-state index in [4.69, 9.17) is 4.74 Å². The predicted molar refractivity (Wildman–Crippen MR) is 89.2 cm³/mol. The summed E-state index contributed by atoms with van der Waals surface area (Å²) in [6.07, 6.45) is 0.445. The Labute approximate surface area is 140 Å². The monoisotopic (exact) mass is 506 g/mol. The number of rotatable bonds is 3. The maximum Gasteiger partial charge on any atom is 0.330 e. The highest BCUT2D eigenvalue weighted by Gasteiger charge is 2.43. The number of aliphatic hydroxyl groups is 2. The van der Waals surface area contributed by atoms with Crippen molar-refractivity contribution in [2.45, 2.75) is 22.4 Å². The molecule has 0 aromatic carbocycles. The molecule has 0 aliphatic carbocycles.